The van der Waals surface area contributed by atoms with Crippen LogP contribution in [0.4, 0.5) is 13.2 Å². The topological polar surface area (TPSA) is 32.3 Å². The molecule has 2 saturated heterocycles. The highest BCUT2D eigenvalue weighted by atomic mass is 35.5. The molecule has 138 valence electrons. The van der Waals surface area contributed by atoms with Crippen LogP contribution in [0.2, 0.25) is 0 Å². The fourth-order valence-electron chi connectivity index (χ4n) is 4.17. The smallest absolute Gasteiger partial charge is 0.340 e. The van der Waals surface area contributed by atoms with Crippen molar-refractivity contribution < 1.29 is 18.0 Å². The summed E-state index contributed by atoms with van der Waals surface area (Å²) in [7, 11) is 0. The van der Waals surface area contributed by atoms with E-state index in [0.29, 0.717) is 43.6 Å². The van der Waals surface area contributed by atoms with E-state index >= 15 is 0 Å². The van der Waals surface area contributed by atoms with Gasteiger partial charge in [0.2, 0.25) is 5.91 Å². The van der Waals surface area contributed by atoms with Crippen molar-refractivity contribution in [3.8, 4) is 0 Å². The molecule has 2 atom stereocenters. The van der Waals surface area contributed by atoms with E-state index in [2.05, 4.69) is 5.32 Å². The number of amides is 1. The van der Waals surface area contributed by atoms with Crippen LogP contribution in [0.5, 0.6) is 0 Å². The Balaban J connectivity index is 0.00000182. The third-order valence-electron chi connectivity index (χ3n) is 5.71. The minimum absolute atomic E-state index is 0. The van der Waals surface area contributed by atoms with Gasteiger partial charge in [-0.1, -0.05) is 18.2 Å². The lowest BCUT2D eigenvalue weighted by molar-refractivity contribution is -0.138. The molecule has 0 aromatic heterocycles. The van der Waals surface area contributed by atoms with Crippen LogP contribution >= 0.6 is 12.4 Å². The summed E-state index contributed by atoms with van der Waals surface area (Å²) in [6, 6.07) is 6.13. The number of likely N-dealkylation sites (tertiary alicyclic amines) is 1. The third-order valence-corrected chi connectivity index (χ3v) is 5.71. The van der Waals surface area contributed by atoms with Crippen LogP contribution in [0.15, 0.2) is 24.3 Å². The number of hydrogen-bond donors (Lipinski definition) is 1. The number of hydrogen-bond acceptors (Lipinski definition) is 2. The molecule has 0 radical (unpaired) electrons. The SMILES string of the molecule is Cl.O=C(N1CCC2CCC(C1)N2)C1(c2cccc(C(F)(F)F)c2)CC1. The summed E-state index contributed by atoms with van der Waals surface area (Å²) in [6.07, 6.45) is 0.0779. The fraction of sp³-hybridized carbons (Fsp3) is 0.611. The molecular weight excluding hydrogens is 353 g/mol. The number of nitrogens with zero attached hydrogens (tertiary/aromatic N) is 1. The number of rotatable bonds is 2. The van der Waals surface area contributed by atoms with Gasteiger partial charge in [0.25, 0.3) is 0 Å². The van der Waals surface area contributed by atoms with E-state index in [-0.39, 0.29) is 18.3 Å². The zero-order chi connectivity index (χ0) is 16.9. The molecule has 1 N–H and O–H groups in total. The van der Waals surface area contributed by atoms with Crippen molar-refractivity contribution in [1.29, 1.82) is 0 Å². The molecule has 4 rings (SSSR count). The minimum Gasteiger partial charge on any atom is -0.340 e. The Labute approximate surface area is 151 Å². The molecule has 2 bridgehead atoms. The quantitative estimate of drug-likeness (QED) is 0.859. The molecule has 1 saturated carbocycles. The van der Waals surface area contributed by atoms with Crippen LogP contribution in [0.3, 0.4) is 0 Å². The molecule has 2 aliphatic heterocycles. The van der Waals surface area contributed by atoms with E-state index in [4.69, 9.17) is 0 Å². The third kappa shape index (κ3) is 3.38. The maximum absolute atomic E-state index is 13.1. The van der Waals surface area contributed by atoms with Crippen molar-refractivity contribution in [3.05, 3.63) is 35.4 Å². The number of alkyl halides is 3. The van der Waals surface area contributed by atoms with Gasteiger partial charge in [-0.25, -0.2) is 0 Å². The minimum atomic E-state index is -4.37. The van der Waals surface area contributed by atoms with Crippen molar-refractivity contribution >= 4 is 18.3 Å². The normalized spacial score (nSPS) is 27.4. The average Bonchev–Trinajstić information content (AvgIpc) is 3.26. The van der Waals surface area contributed by atoms with Crippen molar-refractivity contribution in [2.75, 3.05) is 13.1 Å². The molecule has 1 aliphatic carbocycles. The number of nitrogens with one attached hydrogen (secondary N) is 1. The van der Waals surface area contributed by atoms with Crippen LogP contribution in [0.1, 0.15) is 43.2 Å². The van der Waals surface area contributed by atoms with Crippen molar-refractivity contribution in [2.24, 2.45) is 0 Å². The Morgan fingerprint density at radius 1 is 1.16 bits per heavy atom. The molecule has 1 amide bonds. The molecule has 2 unspecified atom stereocenters. The largest absolute Gasteiger partial charge is 0.416 e. The summed E-state index contributed by atoms with van der Waals surface area (Å²) < 4.78 is 39.0. The van der Waals surface area contributed by atoms with Gasteiger partial charge >= 0.3 is 6.18 Å². The predicted octanol–water partition coefficient (Wildman–Crippen LogP) is 3.51. The van der Waals surface area contributed by atoms with E-state index in [0.717, 1.165) is 31.4 Å². The predicted molar refractivity (Wildman–Crippen MR) is 90.7 cm³/mol. The maximum Gasteiger partial charge on any atom is 0.416 e. The first-order chi connectivity index (χ1) is 11.4. The molecule has 1 aromatic rings. The second-order valence-electron chi connectivity index (χ2n) is 7.34. The second-order valence-corrected chi connectivity index (χ2v) is 7.34. The van der Waals surface area contributed by atoms with Crippen molar-refractivity contribution in [2.45, 2.75) is 55.8 Å². The zero-order valence-corrected chi connectivity index (χ0v) is 14.6. The molecule has 25 heavy (non-hydrogen) atoms. The van der Waals surface area contributed by atoms with E-state index in [9.17, 15) is 18.0 Å². The number of fused-ring (bicyclic) bond motifs is 2. The van der Waals surface area contributed by atoms with Gasteiger partial charge < -0.3 is 10.2 Å². The summed E-state index contributed by atoms with van der Waals surface area (Å²) in [5.41, 5.74) is -0.884. The van der Waals surface area contributed by atoms with E-state index in [1.54, 1.807) is 6.07 Å². The first-order valence-electron chi connectivity index (χ1n) is 8.62. The van der Waals surface area contributed by atoms with Crippen molar-refractivity contribution in [1.82, 2.24) is 10.2 Å². The molecular formula is C18H22ClF3N2O. The van der Waals surface area contributed by atoms with E-state index < -0.39 is 17.2 Å². The Kier molecular flexibility index (Phi) is 4.79. The lowest BCUT2D eigenvalue weighted by atomic mass is 9.92. The highest BCUT2D eigenvalue weighted by Crippen LogP contribution is 2.50. The summed E-state index contributed by atoms with van der Waals surface area (Å²) in [5, 5.41) is 3.54. The summed E-state index contributed by atoms with van der Waals surface area (Å²) in [5.74, 6) is 0.0103. The van der Waals surface area contributed by atoms with Gasteiger partial charge in [0.05, 0.1) is 11.0 Å². The fourth-order valence-corrected chi connectivity index (χ4v) is 4.17. The van der Waals surface area contributed by atoms with Gasteiger partial charge in [-0.2, -0.15) is 13.2 Å². The number of carbonyl (C=O) groups excluding carboxylic acids is 1. The Bertz CT molecular complexity index is 660. The molecule has 3 fully saturated rings. The summed E-state index contributed by atoms with van der Waals surface area (Å²) >= 11 is 0. The Morgan fingerprint density at radius 2 is 1.88 bits per heavy atom. The van der Waals surface area contributed by atoms with Gasteiger partial charge in [-0.3, -0.25) is 4.79 Å². The highest BCUT2D eigenvalue weighted by molar-refractivity contribution is 5.91. The van der Waals surface area contributed by atoms with Gasteiger partial charge in [0.15, 0.2) is 0 Å². The first-order valence-corrected chi connectivity index (χ1v) is 8.62. The maximum atomic E-state index is 13.1. The Hall–Kier alpha value is -1.27. The lowest BCUT2D eigenvalue weighted by Gasteiger charge is -2.29. The van der Waals surface area contributed by atoms with Gasteiger partial charge in [-0.05, 0) is 43.7 Å². The van der Waals surface area contributed by atoms with Crippen LogP contribution in [-0.2, 0) is 16.4 Å². The standard InChI is InChI=1S/C18H21F3N2O.ClH/c19-18(20,21)13-3-1-2-12(10-13)17(7-8-17)16(24)23-9-6-14-4-5-15(11-23)22-14;/h1-3,10,14-15,22H,4-9,11H2;1H. The number of carbonyl (C=O) groups is 1. The number of halogens is 4. The van der Waals surface area contributed by atoms with Crippen LogP contribution in [0.25, 0.3) is 0 Å². The monoisotopic (exact) mass is 374 g/mol. The molecule has 3 aliphatic rings. The van der Waals surface area contributed by atoms with Crippen LogP contribution < -0.4 is 5.32 Å². The Morgan fingerprint density at radius 3 is 2.56 bits per heavy atom. The highest BCUT2D eigenvalue weighted by Gasteiger charge is 2.54. The number of benzene rings is 1. The van der Waals surface area contributed by atoms with E-state index in [1.165, 1.54) is 6.07 Å². The average molecular weight is 375 g/mol. The van der Waals surface area contributed by atoms with Gasteiger partial charge in [-0.15, -0.1) is 12.4 Å². The van der Waals surface area contributed by atoms with Gasteiger partial charge in [0, 0.05) is 25.2 Å². The van der Waals surface area contributed by atoms with Crippen molar-refractivity contribution in [3.63, 3.8) is 0 Å². The van der Waals surface area contributed by atoms with Gasteiger partial charge in [0.1, 0.15) is 0 Å². The molecule has 1 aromatic carbocycles. The molecule has 3 nitrogen and oxygen atoms in total. The zero-order valence-electron chi connectivity index (χ0n) is 13.8. The first kappa shape index (κ1) is 18.5. The molecule has 0 spiro atoms. The van der Waals surface area contributed by atoms with Crippen LogP contribution in [-0.4, -0.2) is 36.0 Å². The molecule has 2 heterocycles. The second kappa shape index (κ2) is 6.47. The van der Waals surface area contributed by atoms with Crippen LogP contribution in [0, 0.1) is 0 Å². The lowest BCUT2D eigenvalue weighted by Crippen LogP contribution is -2.44. The molecule has 7 heteroatoms. The summed E-state index contributed by atoms with van der Waals surface area (Å²) in [4.78, 5) is 15.0. The summed E-state index contributed by atoms with van der Waals surface area (Å²) in [6.45, 7) is 1.38. The van der Waals surface area contributed by atoms with E-state index in [1.807, 2.05) is 4.90 Å².